The maximum absolute atomic E-state index is 12.8. The van der Waals surface area contributed by atoms with Crippen molar-refractivity contribution >= 4 is 19.8 Å². The smallest absolute Gasteiger partial charge is 0.306 e. The van der Waals surface area contributed by atoms with Gasteiger partial charge in [0.25, 0.3) is 7.82 Å². The molecule has 0 fully saturated rings. The van der Waals surface area contributed by atoms with Crippen LogP contribution in [0.4, 0.5) is 0 Å². The molecule has 0 aliphatic heterocycles. The van der Waals surface area contributed by atoms with E-state index >= 15 is 0 Å². The molecule has 0 rings (SSSR count). The van der Waals surface area contributed by atoms with Crippen LogP contribution in [-0.2, 0) is 32.7 Å². The molecule has 2 atom stereocenters. The monoisotopic (exact) mass is 1110 g/mol. The molecule has 460 valence electrons. The van der Waals surface area contributed by atoms with E-state index in [1.165, 1.54) is 302 Å². The molecule has 0 bridgehead atoms. The lowest BCUT2D eigenvalue weighted by atomic mass is 10.0. The molecule has 9 nitrogen and oxygen atoms in total. The third-order valence-corrected chi connectivity index (χ3v) is 16.8. The second kappa shape index (κ2) is 59.6. The van der Waals surface area contributed by atoms with E-state index in [-0.39, 0.29) is 32.0 Å². The molecule has 0 saturated heterocycles. The Morgan fingerprint density at radius 3 is 0.831 bits per heavy atom. The number of likely N-dealkylation sites (N-methyl/N-ethyl adjacent to an activating group) is 1. The van der Waals surface area contributed by atoms with Crippen molar-refractivity contribution in [1.29, 1.82) is 0 Å². The Labute approximate surface area is 480 Å². The van der Waals surface area contributed by atoms with Gasteiger partial charge in [-0.05, 0) is 12.8 Å². The molecule has 77 heavy (non-hydrogen) atoms. The maximum atomic E-state index is 12.8. The van der Waals surface area contributed by atoms with E-state index in [4.69, 9.17) is 18.5 Å². The molecule has 0 amide bonds. The number of esters is 2. The first-order valence-corrected chi connectivity index (χ1v) is 35.7. The van der Waals surface area contributed by atoms with Crippen LogP contribution in [0.5, 0.6) is 0 Å². The van der Waals surface area contributed by atoms with E-state index in [1.807, 2.05) is 21.1 Å². The van der Waals surface area contributed by atoms with Crippen LogP contribution < -0.4 is 4.89 Å². The van der Waals surface area contributed by atoms with Crippen LogP contribution in [0.15, 0.2) is 0 Å². The first kappa shape index (κ1) is 76.0. The van der Waals surface area contributed by atoms with E-state index < -0.39 is 26.5 Å². The molecule has 0 aliphatic rings. The topological polar surface area (TPSA) is 111 Å². The summed E-state index contributed by atoms with van der Waals surface area (Å²) in [7, 11) is 1.19. The van der Waals surface area contributed by atoms with Crippen molar-refractivity contribution < 1.29 is 42.1 Å². The Morgan fingerprint density at radius 1 is 0.351 bits per heavy atom. The number of quaternary nitrogens is 1. The summed E-state index contributed by atoms with van der Waals surface area (Å²) in [5.74, 6) is -0.805. The first-order valence-electron chi connectivity index (χ1n) is 34.2. The Hall–Kier alpha value is -0.990. The fourth-order valence-electron chi connectivity index (χ4n) is 10.6. The first-order chi connectivity index (χ1) is 37.5. The Balaban J connectivity index is 3.93. The largest absolute Gasteiger partial charge is 0.756 e. The van der Waals surface area contributed by atoms with Crippen LogP contribution in [-0.4, -0.2) is 70.0 Å². The van der Waals surface area contributed by atoms with Gasteiger partial charge in [-0.2, -0.15) is 0 Å². The average Bonchev–Trinajstić information content (AvgIpc) is 3.39. The molecule has 0 aromatic carbocycles. The fraction of sp³-hybridized carbons (Fsp3) is 0.970. The van der Waals surface area contributed by atoms with Crippen molar-refractivity contribution in [3.8, 4) is 0 Å². The van der Waals surface area contributed by atoms with Crippen LogP contribution in [0.25, 0.3) is 0 Å². The molecule has 2 unspecified atom stereocenters. The van der Waals surface area contributed by atoms with Gasteiger partial charge in [0.15, 0.2) is 6.10 Å². The van der Waals surface area contributed by atoms with Gasteiger partial charge in [0.1, 0.15) is 19.8 Å². The lowest BCUT2D eigenvalue weighted by Gasteiger charge is -2.28. The molecule has 0 aromatic rings. The van der Waals surface area contributed by atoms with Gasteiger partial charge in [0.05, 0.1) is 27.7 Å². The molecule has 0 spiro atoms. The van der Waals surface area contributed by atoms with E-state index in [0.717, 1.165) is 32.1 Å². The number of carbonyl (C=O) groups is 2. The van der Waals surface area contributed by atoms with Gasteiger partial charge in [0, 0.05) is 12.8 Å². The SMILES string of the molecule is CCCCCCCCCCCCCCCCCCCCCCCCCCCCCCCCCCCCC(=O)OC(COC(=O)CCCCCCCCCCCCCCCCCCCCC)COP(=O)([O-])OCC[N+](C)(C)C. The summed E-state index contributed by atoms with van der Waals surface area (Å²) in [5.41, 5.74) is 0. The number of rotatable bonds is 65. The van der Waals surface area contributed by atoms with E-state index in [9.17, 15) is 19.0 Å². The summed E-state index contributed by atoms with van der Waals surface area (Å²) in [6, 6.07) is 0. The van der Waals surface area contributed by atoms with Crippen molar-refractivity contribution in [1.82, 2.24) is 0 Å². The van der Waals surface area contributed by atoms with Crippen molar-refractivity contribution in [2.75, 3.05) is 47.5 Å². The van der Waals surface area contributed by atoms with Crippen molar-refractivity contribution in [3.63, 3.8) is 0 Å². The zero-order chi connectivity index (χ0) is 56.3. The minimum Gasteiger partial charge on any atom is -0.756 e. The van der Waals surface area contributed by atoms with Crippen LogP contribution in [0.3, 0.4) is 0 Å². The Bertz CT molecular complexity index is 1260. The number of hydrogen-bond acceptors (Lipinski definition) is 8. The Morgan fingerprint density at radius 2 is 0.584 bits per heavy atom. The van der Waals surface area contributed by atoms with Gasteiger partial charge in [-0.1, -0.05) is 341 Å². The van der Waals surface area contributed by atoms with Gasteiger partial charge in [-0.15, -0.1) is 0 Å². The summed E-state index contributed by atoms with van der Waals surface area (Å²) < 4.78 is 34.3. The summed E-state index contributed by atoms with van der Waals surface area (Å²) in [5, 5.41) is 0. The predicted octanol–water partition coefficient (Wildman–Crippen LogP) is 21.1. The second-order valence-electron chi connectivity index (χ2n) is 24.9. The molecule has 10 heteroatoms. The number of unbranched alkanes of at least 4 members (excludes halogenated alkanes) is 51. The fourth-order valence-corrected chi connectivity index (χ4v) is 11.3. The zero-order valence-electron chi connectivity index (χ0n) is 52.5. The molecule has 0 saturated carbocycles. The highest BCUT2D eigenvalue weighted by Gasteiger charge is 2.22. The lowest BCUT2D eigenvalue weighted by molar-refractivity contribution is -0.870. The number of ether oxygens (including phenoxy) is 2. The van der Waals surface area contributed by atoms with E-state index in [1.54, 1.807) is 0 Å². The second-order valence-corrected chi connectivity index (χ2v) is 26.3. The van der Waals surface area contributed by atoms with Gasteiger partial charge in [-0.25, -0.2) is 0 Å². The molecule has 0 N–H and O–H groups in total. The van der Waals surface area contributed by atoms with E-state index in [2.05, 4.69) is 13.8 Å². The van der Waals surface area contributed by atoms with E-state index in [0.29, 0.717) is 17.4 Å². The highest BCUT2D eigenvalue weighted by Crippen LogP contribution is 2.38. The number of nitrogens with zero attached hydrogens (tertiary/aromatic N) is 1. The van der Waals surface area contributed by atoms with Crippen LogP contribution in [0.2, 0.25) is 0 Å². The number of phosphoric acid groups is 1. The number of carbonyl (C=O) groups excluding carboxylic acids is 2. The van der Waals surface area contributed by atoms with Gasteiger partial charge < -0.3 is 27.9 Å². The maximum Gasteiger partial charge on any atom is 0.306 e. The quantitative estimate of drug-likeness (QED) is 0.0256. The average molecular weight is 1110 g/mol. The van der Waals surface area contributed by atoms with Crippen LogP contribution in [0, 0.1) is 0 Å². The molecule has 0 aliphatic carbocycles. The molecular formula is C67H134NO8P. The highest BCUT2D eigenvalue weighted by molar-refractivity contribution is 7.45. The normalized spacial score (nSPS) is 13.1. The molecule has 0 radical (unpaired) electrons. The van der Waals surface area contributed by atoms with Gasteiger partial charge in [0.2, 0.25) is 0 Å². The summed E-state index contributed by atoms with van der Waals surface area (Å²) in [4.78, 5) is 38.0. The highest BCUT2D eigenvalue weighted by atomic mass is 31.2. The van der Waals surface area contributed by atoms with Crippen LogP contribution >= 0.6 is 7.82 Å². The third-order valence-electron chi connectivity index (χ3n) is 15.9. The number of phosphoric ester groups is 1. The summed E-state index contributed by atoms with van der Waals surface area (Å²) in [6.07, 6.45) is 70.5. The lowest BCUT2D eigenvalue weighted by Crippen LogP contribution is -2.37. The minimum atomic E-state index is -4.63. The minimum absolute atomic E-state index is 0.0249. The number of hydrogen-bond donors (Lipinski definition) is 0. The standard InChI is InChI=1S/C67H134NO8P/c1-6-8-10-12-14-16-18-20-22-24-26-27-28-29-30-31-32-33-34-35-36-37-38-39-40-42-44-46-48-50-52-54-56-58-60-67(70)76-65(64-75-77(71,72)74-62-61-68(3,4)5)63-73-66(69)59-57-55-53-51-49-47-45-43-41-25-23-21-19-17-15-13-11-9-7-2/h65H,6-64H2,1-5H3. The van der Waals surface area contributed by atoms with Crippen LogP contribution in [0.1, 0.15) is 367 Å². The molecule has 0 heterocycles. The van der Waals surface area contributed by atoms with Crippen molar-refractivity contribution in [2.24, 2.45) is 0 Å². The molecular weight excluding hydrogens is 978 g/mol. The van der Waals surface area contributed by atoms with Crippen molar-refractivity contribution in [3.05, 3.63) is 0 Å². The predicted molar refractivity (Wildman–Crippen MR) is 329 cm³/mol. The molecule has 0 aromatic heterocycles. The summed E-state index contributed by atoms with van der Waals surface area (Å²) in [6.45, 7) is 4.33. The third kappa shape index (κ3) is 64.1. The van der Waals surface area contributed by atoms with Crippen molar-refractivity contribution in [2.45, 2.75) is 373 Å². The summed E-state index contributed by atoms with van der Waals surface area (Å²) >= 11 is 0. The van der Waals surface area contributed by atoms with Gasteiger partial charge >= 0.3 is 11.9 Å². The Kier molecular flexibility index (Phi) is 58.9. The zero-order valence-corrected chi connectivity index (χ0v) is 53.4. The van der Waals surface area contributed by atoms with Gasteiger partial charge in [-0.3, -0.25) is 14.2 Å².